The van der Waals surface area contributed by atoms with Gasteiger partial charge in [-0.25, -0.2) is 0 Å². The van der Waals surface area contributed by atoms with E-state index in [0.29, 0.717) is 13.3 Å². The van der Waals surface area contributed by atoms with Crippen LogP contribution in [-0.2, 0) is 13.1 Å². The van der Waals surface area contributed by atoms with E-state index in [1.807, 2.05) is 46.8 Å². The van der Waals surface area contributed by atoms with E-state index >= 15 is 0 Å². The Kier molecular flexibility index (Phi) is 6.69. The second-order valence-electron chi connectivity index (χ2n) is 8.81. The monoisotopic (exact) mass is 510 g/mol. The van der Waals surface area contributed by atoms with E-state index in [-0.39, 0.29) is 19.7 Å². The molecule has 2 aromatic heterocycles. The molecule has 0 aliphatic carbocycles. The van der Waals surface area contributed by atoms with Gasteiger partial charge < -0.3 is 26.8 Å². The van der Waals surface area contributed by atoms with E-state index in [1.165, 1.54) is 11.1 Å². The summed E-state index contributed by atoms with van der Waals surface area (Å²) in [5.41, 5.74) is 3.37. The molecule has 0 unspecified atom stereocenters. The highest BCUT2D eigenvalue weighted by molar-refractivity contribution is 7.20. The molecule has 0 spiro atoms. The molecule has 1 fully saturated rings. The van der Waals surface area contributed by atoms with Gasteiger partial charge in [-0.1, -0.05) is 36.4 Å². The van der Waals surface area contributed by atoms with Crippen molar-refractivity contribution in [2.24, 2.45) is 0 Å². The minimum Gasteiger partial charge on any atom is -1.00 e. The minimum atomic E-state index is 0. The van der Waals surface area contributed by atoms with Gasteiger partial charge in [0.1, 0.15) is 4.83 Å². The van der Waals surface area contributed by atoms with Crippen LogP contribution in [0.3, 0.4) is 0 Å². The van der Waals surface area contributed by atoms with E-state index < -0.39 is 0 Å². The molecule has 4 heterocycles. The third-order valence-electron chi connectivity index (χ3n) is 6.50. The lowest BCUT2D eigenvalue weighted by atomic mass is 10.1. The molecule has 7 nitrogen and oxygen atoms in total. The molecular formula is C26H27ClN4O3S. The van der Waals surface area contributed by atoms with E-state index in [0.717, 1.165) is 65.0 Å². The number of piperazine rings is 1. The van der Waals surface area contributed by atoms with Gasteiger partial charge in [0.15, 0.2) is 11.5 Å². The van der Waals surface area contributed by atoms with Crippen LogP contribution in [0.15, 0.2) is 54.6 Å². The Morgan fingerprint density at radius 1 is 0.971 bits per heavy atom. The summed E-state index contributed by atoms with van der Waals surface area (Å²) < 4.78 is 12.9. The standard InChI is InChI=1S/C26H26N4O3S.ClH/c1-18-21-14-24(34-26(21)30(27-18)16-19-5-3-2-4-6-19)25(31)29-11-9-28(10-12-29)15-20-7-8-22-23(13-20)33-17-32-22;/h2-8,13-14H,9-12,15-17H2,1H3;1H. The second-order valence-corrected chi connectivity index (χ2v) is 9.84. The predicted molar refractivity (Wildman–Crippen MR) is 133 cm³/mol. The van der Waals surface area contributed by atoms with Crippen molar-refractivity contribution in [3.8, 4) is 11.5 Å². The first-order valence-corrected chi connectivity index (χ1v) is 12.4. The first kappa shape index (κ1) is 23.7. The van der Waals surface area contributed by atoms with Crippen molar-refractivity contribution in [2.75, 3.05) is 33.0 Å². The maximum Gasteiger partial charge on any atom is 1.00 e. The summed E-state index contributed by atoms with van der Waals surface area (Å²) in [7, 11) is 0. The molecule has 2 aliphatic rings. The van der Waals surface area contributed by atoms with Gasteiger partial charge in [-0.05, 0) is 36.2 Å². The van der Waals surface area contributed by atoms with Gasteiger partial charge in [0, 0.05) is 38.1 Å². The molecule has 2 aromatic carbocycles. The molecule has 35 heavy (non-hydrogen) atoms. The lowest BCUT2D eigenvalue weighted by Gasteiger charge is -2.34. The van der Waals surface area contributed by atoms with Crippen LogP contribution in [0.2, 0.25) is 0 Å². The van der Waals surface area contributed by atoms with Crippen LogP contribution >= 0.6 is 11.3 Å². The number of ether oxygens (including phenoxy) is 2. The van der Waals surface area contributed by atoms with Crippen LogP contribution in [-0.4, -0.2) is 58.5 Å². The van der Waals surface area contributed by atoms with Crippen LogP contribution < -0.4 is 21.9 Å². The zero-order valence-corrected chi connectivity index (χ0v) is 21.0. The van der Waals surface area contributed by atoms with Crippen LogP contribution in [0.1, 0.15) is 27.9 Å². The first-order chi connectivity index (χ1) is 16.6. The SMILES string of the molecule is Cc1nn(Cc2ccccc2)c2sc(C(=O)N3CCN(Cc4ccc5c(c4)OCO5)CC3)cc12.[Cl-].[H+]. The van der Waals surface area contributed by atoms with E-state index in [1.54, 1.807) is 11.3 Å². The topological polar surface area (TPSA) is 59.8 Å². The van der Waals surface area contributed by atoms with Gasteiger partial charge in [-0.15, -0.1) is 11.3 Å². The largest absolute Gasteiger partial charge is 1.00 e. The second kappa shape index (κ2) is 9.89. The minimum absolute atomic E-state index is 0. The number of hydrogen-bond donors (Lipinski definition) is 0. The highest BCUT2D eigenvalue weighted by atomic mass is 35.5. The third-order valence-corrected chi connectivity index (χ3v) is 7.63. The van der Waals surface area contributed by atoms with Crippen LogP contribution in [0.5, 0.6) is 11.5 Å². The van der Waals surface area contributed by atoms with Gasteiger partial charge in [-0.3, -0.25) is 14.4 Å². The maximum absolute atomic E-state index is 13.3. The zero-order valence-electron chi connectivity index (χ0n) is 20.4. The smallest absolute Gasteiger partial charge is 1.00 e. The van der Waals surface area contributed by atoms with E-state index in [2.05, 4.69) is 29.2 Å². The molecule has 2 aliphatic heterocycles. The molecule has 0 radical (unpaired) electrons. The van der Waals surface area contributed by atoms with E-state index in [9.17, 15) is 4.79 Å². The highest BCUT2D eigenvalue weighted by Crippen LogP contribution is 2.33. The number of carbonyl (C=O) groups excluding carboxylic acids is 1. The van der Waals surface area contributed by atoms with Crippen molar-refractivity contribution in [3.63, 3.8) is 0 Å². The number of aryl methyl sites for hydroxylation is 1. The Hall–Kier alpha value is -3.07. The molecule has 9 heteroatoms. The van der Waals surface area contributed by atoms with Crippen molar-refractivity contribution in [3.05, 3.63) is 76.3 Å². The molecule has 1 saturated heterocycles. The molecule has 1 amide bonds. The van der Waals surface area contributed by atoms with Gasteiger partial charge in [0.2, 0.25) is 6.79 Å². The first-order valence-electron chi connectivity index (χ1n) is 11.5. The Bertz CT molecular complexity index is 1350. The number of aromatic nitrogens is 2. The quantitative estimate of drug-likeness (QED) is 0.404. The summed E-state index contributed by atoms with van der Waals surface area (Å²) in [6, 6.07) is 18.4. The van der Waals surface area contributed by atoms with Crippen molar-refractivity contribution in [1.82, 2.24) is 19.6 Å². The van der Waals surface area contributed by atoms with E-state index in [4.69, 9.17) is 14.6 Å². The van der Waals surface area contributed by atoms with Crippen molar-refractivity contribution >= 4 is 27.5 Å². The summed E-state index contributed by atoms with van der Waals surface area (Å²) >= 11 is 1.55. The molecule has 4 aromatic rings. The Balaban J connectivity index is 0.00000152. The number of nitrogens with zero attached hydrogens (tertiary/aromatic N) is 4. The summed E-state index contributed by atoms with van der Waals surface area (Å²) in [4.78, 5) is 19.5. The molecule has 0 N–H and O–H groups in total. The molecule has 182 valence electrons. The summed E-state index contributed by atoms with van der Waals surface area (Å²) in [6.45, 7) is 7.02. The van der Waals surface area contributed by atoms with Crippen molar-refractivity contribution in [1.29, 1.82) is 0 Å². The predicted octanol–water partition coefficient (Wildman–Crippen LogP) is 1.26. The lowest BCUT2D eigenvalue weighted by molar-refractivity contribution is -0.0000193. The van der Waals surface area contributed by atoms with Crippen LogP contribution in [0.25, 0.3) is 10.2 Å². The molecular weight excluding hydrogens is 484 g/mol. The zero-order chi connectivity index (χ0) is 23.1. The number of rotatable bonds is 5. The van der Waals surface area contributed by atoms with Crippen molar-refractivity contribution < 1.29 is 28.1 Å². The Morgan fingerprint density at radius 2 is 1.74 bits per heavy atom. The molecule has 0 saturated carbocycles. The number of thiophene rings is 1. The fraction of sp³-hybridized carbons (Fsp3) is 0.308. The molecule has 0 bridgehead atoms. The number of benzene rings is 2. The van der Waals surface area contributed by atoms with Gasteiger partial charge in [-0.2, -0.15) is 5.10 Å². The summed E-state index contributed by atoms with van der Waals surface area (Å²) in [6.07, 6.45) is 0. The highest BCUT2D eigenvalue weighted by Gasteiger charge is 2.25. The molecule has 6 rings (SSSR count). The van der Waals surface area contributed by atoms with Gasteiger partial charge in [0.05, 0.1) is 17.1 Å². The number of fused-ring (bicyclic) bond motifs is 2. The Morgan fingerprint density at radius 3 is 2.54 bits per heavy atom. The van der Waals surface area contributed by atoms with Gasteiger partial charge >= 0.3 is 1.43 Å². The summed E-state index contributed by atoms with van der Waals surface area (Å²) in [5.74, 6) is 1.75. The van der Waals surface area contributed by atoms with Crippen molar-refractivity contribution in [2.45, 2.75) is 20.0 Å². The number of carbonyl (C=O) groups is 1. The lowest BCUT2D eigenvalue weighted by Crippen LogP contribution is -3.00. The summed E-state index contributed by atoms with van der Waals surface area (Å²) in [5, 5.41) is 5.78. The average Bonchev–Trinajstić information content (AvgIpc) is 3.57. The van der Waals surface area contributed by atoms with Crippen LogP contribution in [0.4, 0.5) is 0 Å². The average molecular weight is 511 g/mol. The van der Waals surface area contributed by atoms with Crippen LogP contribution in [0, 0.1) is 6.92 Å². The number of hydrogen-bond acceptors (Lipinski definition) is 6. The number of amides is 1. The fourth-order valence-electron chi connectivity index (χ4n) is 4.64. The molecule has 0 atom stereocenters. The third kappa shape index (κ3) is 4.74. The van der Waals surface area contributed by atoms with Gasteiger partial charge in [0.25, 0.3) is 5.91 Å². The number of halogens is 1. The fourth-order valence-corrected chi connectivity index (χ4v) is 5.77. The maximum atomic E-state index is 13.3. The normalized spacial score (nSPS) is 15.4. The Labute approximate surface area is 215 Å².